The Morgan fingerprint density at radius 3 is 2.70 bits per heavy atom. The molecule has 0 aliphatic heterocycles. The number of aromatic nitrogens is 1. The molecule has 0 saturated carbocycles. The molecule has 0 fully saturated rings. The minimum atomic E-state index is -0.100. The molecule has 1 unspecified atom stereocenters. The number of carbonyl (C=O) groups excluding carboxylic acids is 1. The molecule has 23 heavy (non-hydrogen) atoms. The Balaban J connectivity index is 2.08. The lowest BCUT2D eigenvalue weighted by Crippen LogP contribution is -2.38. The van der Waals surface area contributed by atoms with E-state index in [2.05, 4.69) is 46.8 Å². The first kappa shape index (κ1) is 17.0. The summed E-state index contributed by atoms with van der Waals surface area (Å²) in [4.78, 5) is 16.0. The number of rotatable bonds is 7. The Morgan fingerprint density at radius 1 is 1.17 bits per heavy atom. The minimum Gasteiger partial charge on any atom is -0.338 e. The van der Waals surface area contributed by atoms with Crippen molar-refractivity contribution in [1.29, 1.82) is 0 Å². The average molecular weight is 311 g/mol. The van der Waals surface area contributed by atoms with Gasteiger partial charge in [-0.25, -0.2) is 4.79 Å². The van der Waals surface area contributed by atoms with Gasteiger partial charge in [-0.3, -0.25) is 4.98 Å². The van der Waals surface area contributed by atoms with Gasteiger partial charge >= 0.3 is 6.03 Å². The van der Waals surface area contributed by atoms with E-state index in [4.69, 9.17) is 0 Å². The van der Waals surface area contributed by atoms with Crippen molar-refractivity contribution in [2.24, 2.45) is 0 Å². The standard InChI is InChI=1S/C19H25N3O/c1-3-10-21-19(23)22-14-17(12-16-8-6-11-20-13-16)18-9-5-4-7-15(18)2/h4-9,11,13,17H,3,10,12,14H2,1-2H3,(H2,21,22,23). The van der Waals surface area contributed by atoms with E-state index >= 15 is 0 Å². The quantitative estimate of drug-likeness (QED) is 0.823. The zero-order valence-corrected chi connectivity index (χ0v) is 13.9. The fourth-order valence-electron chi connectivity index (χ4n) is 2.66. The normalized spacial score (nSPS) is 11.7. The second-order valence-electron chi connectivity index (χ2n) is 5.76. The lowest BCUT2D eigenvalue weighted by atomic mass is 9.89. The van der Waals surface area contributed by atoms with Gasteiger partial charge in [0.05, 0.1) is 0 Å². The van der Waals surface area contributed by atoms with Gasteiger partial charge in [0.2, 0.25) is 0 Å². The van der Waals surface area contributed by atoms with E-state index in [9.17, 15) is 4.79 Å². The molecule has 4 nitrogen and oxygen atoms in total. The van der Waals surface area contributed by atoms with Crippen molar-refractivity contribution in [2.45, 2.75) is 32.6 Å². The summed E-state index contributed by atoms with van der Waals surface area (Å²) in [6, 6.07) is 12.3. The van der Waals surface area contributed by atoms with Crippen molar-refractivity contribution >= 4 is 6.03 Å². The van der Waals surface area contributed by atoms with Gasteiger partial charge in [-0.1, -0.05) is 37.3 Å². The lowest BCUT2D eigenvalue weighted by molar-refractivity contribution is 0.240. The minimum absolute atomic E-state index is 0.100. The summed E-state index contributed by atoms with van der Waals surface area (Å²) in [6.45, 7) is 5.46. The van der Waals surface area contributed by atoms with E-state index in [0.717, 1.165) is 12.8 Å². The van der Waals surface area contributed by atoms with Crippen LogP contribution in [-0.2, 0) is 6.42 Å². The van der Waals surface area contributed by atoms with Crippen molar-refractivity contribution in [1.82, 2.24) is 15.6 Å². The van der Waals surface area contributed by atoms with Crippen LogP contribution in [0.25, 0.3) is 0 Å². The van der Waals surface area contributed by atoms with E-state index in [1.807, 2.05) is 25.3 Å². The molecule has 2 rings (SSSR count). The Kier molecular flexibility index (Phi) is 6.60. The van der Waals surface area contributed by atoms with Gasteiger partial charge in [0.25, 0.3) is 0 Å². The van der Waals surface area contributed by atoms with Gasteiger partial charge in [-0.2, -0.15) is 0 Å². The number of nitrogens with zero attached hydrogens (tertiary/aromatic N) is 1. The highest BCUT2D eigenvalue weighted by atomic mass is 16.2. The molecule has 0 spiro atoms. The summed E-state index contributed by atoms with van der Waals surface area (Å²) in [5, 5.41) is 5.85. The van der Waals surface area contributed by atoms with E-state index in [-0.39, 0.29) is 11.9 Å². The molecular formula is C19H25N3O. The Morgan fingerprint density at radius 2 is 2.00 bits per heavy atom. The SMILES string of the molecule is CCCNC(=O)NCC(Cc1cccnc1)c1ccccc1C. The van der Waals surface area contributed by atoms with E-state index in [1.54, 1.807) is 6.20 Å². The van der Waals surface area contributed by atoms with Crippen LogP contribution in [-0.4, -0.2) is 24.1 Å². The molecule has 2 N–H and O–H groups in total. The van der Waals surface area contributed by atoms with Crippen molar-refractivity contribution < 1.29 is 4.79 Å². The molecule has 0 aliphatic rings. The van der Waals surface area contributed by atoms with Crippen LogP contribution >= 0.6 is 0 Å². The highest BCUT2D eigenvalue weighted by molar-refractivity contribution is 5.73. The zero-order chi connectivity index (χ0) is 16.5. The van der Waals surface area contributed by atoms with Crippen molar-refractivity contribution in [3.05, 3.63) is 65.5 Å². The molecular weight excluding hydrogens is 286 g/mol. The fourth-order valence-corrected chi connectivity index (χ4v) is 2.66. The van der Waals surface area contributed by atoms with Gasteiger partial charge in [0.1, 0.15) is 0 Å². The summed E-state index contributed by atoms with van der Waals surface area (Å²) in [6.07, 6.45) is 5.46. The predicted molar refractivity (Wildman–Crippen MR) is 93.6 cm³/mol. The number of amides is 2. The molecule has 0 radical (unpaired) electrons. The largest absolute Gasteiger partial charge is 0.338 e. The number of urea groups is 1. The third-order valence-electron chi connectivity index (χ3n) is 3.88. The highest BCUT2D eigenvalue weighted by Crippen LogP contribution is 2.23. The van der Waals surface area contributed by atoms with Gasteiger partial charge in [0, 0.05) is 31.4 Å². The van der Waals surface area contributed by atoms with Gasteiger partial charge in [-0.05, 0) is 42.5 Å². The number of carbonyl (C=O) groups is 1. The second kappa shape index (κ2) is 8.93. The van der Waals surface area contributed by atoms with E-state index < -0.39 is 0 Å². The smallest absolute Gasteiger partial charge is 0.314 e. The van der Waals surface area contributed by atoms with Crippen LogP contribution in [0.4, 0.5) is 4.79 Å². The molecule has 0 aliphatic carbocycles. The summed E-state index contributed by atoms with van der Waals surface area (Å²) in [7, 11) is 0. The van der Waals surface area contributed by atoms with Crippen LogP contribution in [0.3, 0.4) is 0 Å². The monoisotopic (exact) mass is 311 g/mol. The molecule has 0 bridgehead atoms. The van der Waals surface area contributed by atoms with Crippen molar-refractivity contribution in [3.8, 4) is 0 Å². The third-order valence-corrected chi connectivity index (χ3v) is 3.88. The summed E-state index contributed by atoms with van der Waals surface area (Å²) in [5.74, 6) is 0.229. The van der Waals surface area contributed by atoms with Crippen molar-refractivity contribution in [3.63, 3.8) is 0 Å². The summed E-state index contributed by atoms with van der Waals surface area (Å²) < 4.78 is 0. The highest BCUT2D eigenvalue weighted by Gasteiger charge is 2.15. The third kappa shape index (κ3) is 5.40. The van der Waals surface area contributed by atoms with Crippen LogP contribution in [0.5, 0.6) is 0 Å². The predicted octanol–water partition coefficient (Wildman–Crippen LogP) is 3.43. The first-order chi connectivity index (χ1) is 11.2. The Hall–Kier alpha value is -2.36. The number of benzene rings is 1. The summed E-state index contributed by atoms with van der Waals surface area (Å²) >= 11 is 0. The molecule has 122 valence electrons. The number of nitrogens with one attached hydrogen (secondary N) is 2. The molecule has 2 aromatic rings. The summed E-state index contributed by atoms with van der Waals surface area (Å²) in [5.41, 5.74) is 3.70. The molecule has 1 aromatic carbocycles. The van der Waals surface area contributed by atoms with Crippen LogP contribution in [0, 0.1) is 6.92 Å². The molecule has 4 heteroatoms. The number of aryl methyl sites for hydroxylation is 1. The lowest BCUT2D eigenvalue weighted by Gasteiger charge is -2.20. The molecule has 1 aromatic heterocycles. The fraction of sp³-hybridized carbons (Fsp3) is 0.368. The molecule has 0 saturated heterocycles. The molecule has 1 atom stereocenters. The second-order valence-corrected chi connectivity index (χ2v) is 5.76. The maximum Gasteiger partial charge on any atom is 0.314 e. The van der Waals surface area contributed by atoms with Crippen LogP contribution in [0.2, 0.25) is 0 Å². The average Bonchev–Trinajstić information content (AvgIpc) is 2.58. The van der Waals surface area contributed by atoms with Gasteiger partial charge in [-0.15, -0.1) is 0 Å². The van der Waals surface area contributed by atoms with Crippen LogP contribution in [0.15, 0.2) is 48.8 Å². The maximum atomic E-state index is 11.8. The first-order valence-electron chi connectivity index (χ1n) is 8.16. The number of pyridine rings is 1. The van der Waals surface area contributed by atoms with Crippen molar-refractivity contribution in [2.75, 3.05) is 13.1 Å². The van der Waals surface area contributed by atoms with E-state index in [0.29, 0.717) is 13.1 Å². The van der Waals surface area contributed by atoms with Crippen LogP contribution in [0.1, 0.15) is 36.0 Å². The zero-order valence-electron chi connectivity index (χ0n) is 13.9. The Bertz CT molecular complexity index is 613. The van der Waals surface area contributed by atoms with E-state index in [1.165, 1.54) is 16.7 Å². The number of hydrogen-bond donors (Lipinski definition) is 2. The first-order valence-corrected chi connectivity index (χ1v) is 8.16. The maximum absolute atomic E-state index is 11.8. The molecule has 2 amide bonds. The van der Waals surface area contributed by atoms with Crippen LogP contribution < -0.4 is 10.6 Å². The van der Waals surface area contributed by atoms with Gasteiger partial charge in [0.15, 0.2) is 0 Å². The topological polar surface area (TPSA) is 54.0 Å². The Labute approximate surface area is 138 Å². The van der Waals surface area contributed by atoms with Gasteiger partial charge < -0.3 is 10.6 Å². The molecule has 1 heterocycles. The number of hydrogen-bond acceptors (Lipinski definition) is 2.